The van der Waals surface area contributed by atoms with Gasteiger partial charge in [-0.05, 0) is 26.3 Å². The summed E-state index contributed by atoms with van der Waals surface area (Å²) < 4.78 is 25.5. The molecule has 0 atom stereocenters. The third kappa shape index (κ3) is 4.93. The summed E-state index contributed by atoms with van der Waals surface area (Å²) in [6.07, 6.45) is 0. The van der Waals surface area contributed by atoms with Crippen LogP contribution in [0.25, 0.3) is 0 Å². The molecule has 0 aromatic rings. The van der Waals surface area contributed by atoms with E-state index in [-0.39, 0.29) is 10.7 Å². The molecule has 0 aromatic carbocycles. The van der Waals surface area contributed by atoms with Crippen molar-refractivity contribution in [3.8, 4) is 0 Å². The fourth-order valence-electron chi connectivity index (χ4n) is 1.00. The summed E-state index contributed by atoms with van der Waals surface area (Å²) in [5.74, 6) is 0. The third-order valence-corrected chi connectivity index (χ3v) is 3.82. The Morgan fingerprint density at radius 2 is 1.71 bits per heavy atom. The van der Waals surface area contributed by atoms with Crippen molar-refractivity contribution in [2.75, 3.05) is 20.1 Å². The normalized spacial score (nSPS) is 13.6. The average Bonchev–Trinajstić information content (AvgIpc) is 2.01. The number of hydrogen-bond donors (Lipinski definition) is 2. The standard InChI is InChI=1S/C9H22N2O2S/c1-8(2)14(12,13)11-7-9(3,4)6-10-5/h8,10-11H,6-7H2,1-5H3. The van der Waals surface area contributed by atoms with Crippen LogP contribution in [0.3, 0.4) is 0 Å². The van der Waals surface area contributed by atoms with E-state index in [9.17, 15) is 8.42 Å². The van der Waals surface area contributed by atoms with E-state index in [2.05, 4.69) is 10.0 Å². The zero-order valence-corrected chi connectivity index (χ0v) is 10.5. The molecule has 2 N–H and O–H groups in total. The fraction of sp³-hybridized carbons (Fsp3) is 1.00. The molecule has 0 spiro atoms. The fourth-order valence-corrected chi connectivity index (χ4v) is 1.93. The molecule has 4 nitrogen and oxygen atoms in total. The van der Waals surface area contributed by atoms with Gasteiger partial charge in [-0.3, -0.25) is 0 Å². The van der Waals surface area contributed by atoms with Gasteiger partial charge in [0, 0.05) is 13.1 Å². The summed E-state index contributed by atoms with van der Waals surface area (Å²) >= 11 is 0. The Balaban J connectivity index is 4.19. The Morgan fingerprint density at radius 3 is 2.07 bits per heavy atom. The van der Waals surface area contributed by atoms with Crippen molar-refractivity contribution >= 4 is 10.0 Å². The van der Waals surface area contributed by atoms with E-state index in [0.29, 0.717) is 6.54 Å². The van der Waals surface area contributed by atoms with Crippen LogP contribution in [0.2, 0.25) is 0 Å². The number of sulfonamides is 1. The van der Waals surface area contributed by atoms with Crippen LogP contribution in [0.15, 0.2) is 0 Å². The van der Waals surface area contributed by atoms with Crippen LogP contribution in [-0.2, 0) is 10.0 Å². The largest absolute Gasteiger partial charge is 0.319 e. The lowest BCUT2D eigenvalue weighted by molar-refractivity contribution is 0.350. The molecule has 5 heteroatoms. The molecule has 0 saturated heterocycles. The quantitative estimate of drug-likeness (QED) is 0.690. The van der Waals surface area contributed by atoms with Gasteiger partial charge in [0.05, 0.1) is 5.25 Å². The molecule has 0 aliphatic carbocycles. The Labute approximate surface area is 87.5 Å². The maximum Gasteiger partial charge on any atom is 0.213 e. The van der Waals surface area contributed by atoms with Gasteiger partial charge in [0.2, 0.25) is 10.0 Å². The van der Waals surface area contributed by atoms with Crippen molar-refractivity contribution in [3.05, 3.63) is 0 Å². The van der Waals surface area contributed by atoms with Crippen molar-refractivity contribution in [1.82, 2.24) is 10.0 Å². The first-order valence-corrected chi connectivity index (χ1v) is 6.39. The Hall–Kier alpha value is -0.130. The lowest BCUT2D eigenvalue weighted by atomic mass is 9.94. The molecule has 0 aliphatic heterocycles. The highest BCUT2D eigenvalue weighted by Gasteiger charge is 2.22. The first-order valence-electron chi connectivity index (χ1n) is 4.84. The van der Waals surface area contributed by atoms with Crippen LogP contribution < -0.4 is 10.0 Å². The number of nitrogens with one attached hydrogen (secondary N) is 2. The van der Waals surface area contributed by atoms with Gasteiger partial charge in [-0.25, -0.2) is 13.1 Å². The van der Waals surface area contributed by atoms with Crippen molar-refractivity contribution < 1.29 is 8.42 Å². The van der Waals surface area contributed by atoms with E-state index in [1.54, 1.807) is 13.8 Å². The monoisotopic (exact) mass is 222 g/mol. The maximum atomic E-state index is 11.4. The van der Waals surface area contributed by atoms with Crippen LogP contribution in [0, 0.1) is 5.41 Å². The van der Waals surface area contributed by atoms with E-state index in [4.69, 9.17) is 0 Å². The first-order chi connectivity index (χ1) is 6.21. The smallest absolute Gasteiger partial charge is 0.213 e. The lowest BCUT2D eigenvalue weighted by Crippen LogP contribution is -2.41. The van der Waals surface area contributed by atoms with Crippen LogP contribution in [0.1, 0.15) is 27.7 Å². The van der Waals surface area contributed by atoms with Crippen LogP contribution >= 0.6 is 0 Å². The summed E-state index contributed by atoms with van der Waals surface area (Å²) in [5, 5.41) is 2.67. The van der Waals surface area contributed by atoms with Gasteiger partial charge in [-0.15, -0.1) is 0 Å². The molecule has 0 unspecified atom stereocenters. The van der Waals surface area contributed by atoms with Crippen molar-refractivity contribution in [2.24, 2.45) is 5.41 Å². The molecular weight excluding hydrogens is 200 g/mol. The molecule has 0 rings (SSSR count). The van der Waals surface area contributed by atoms with Gasteiger partial charge >= 0.3 is 0 Å². The Kier molecular flexibility index (Phi) is 5.05. The Morgan fingerprint density at radius 1 is 1.21 bits per heavy atom. The number of hydrogen-bond acceptors (Lipinski definition) is 3. The maximum absolute atomic E-state index is 11.4. The molecule has 14 heavy (non-hydrogen) atoms. The summed E-state index contributed by atoms with van der Waals surface area (Å²) in [5.41, 5.74) is -0.0588. The first kappa shape index (κ1) is 13.9. The summed E-state index contributed by atoms with van der Waals surface area (Å²) in [7, 11) is -1.27. The van der Waals surface area contributed by atoms with Gasteiger partial charge in [-0.2, -0.15) is 0 Å². The second kappa shape index (κ2) is 5.09. The lowest BCUT2D eigenvalue weighted by Gasteiger charge is -2.25. The third-order valence-electron chi connectivity index (χ3n) is 2.03. The molecule has 0 aliphatic rings. The molecule has 0 fully saturated rings. The second-order valence-electron chi connectivity index (χ2n) is 4.61. The summed E-state index contributed by atoms with van der Waals surface area (Å²) in [4.78, 5) is 0. The zero-order chi connectivity index (χ0) is 11.4. The molecule has 0 heterocycles. The minimum Gasteiger partial charge on any atom is -0.319 e. The van der Waals surface area contributed by atoms with Gasteiger partial charge < -0.3 is 5.32 Å². The topological polar surface area (TPSA) is 58.2 Å². The van der Waals surface area contributed by atoms with Crippen molar-refractivity contribution in [3.63, 3.8) is 0 Å². The second-order valence-corrected chi connectivity index (χ2v) is 6.93. The minimum absolute atomic E-state index is 0.0588. The van der Waals surface area contributed by atoms with Gasteiger partial charge in [0.1, 0.15) is 0 Å². The van der Waals surface area contributed by atoms with Gasteiger partial charge in [-0.1, -0.05) is 13.8 Å². The predicted molar refractivity (Wildman–Crippen MR) is 59.8 cm³/mol. The van der Waals surface area contributed by atoms with Gasteiger partial charge in [0.15, 0.2) is 0 Å². The number of rotatable bonds is 6. The summed E-state index contributed by atoms with van der Waals surface area (Å²) in [6, 6.07) is 0. The zero-order valence-electron chi connectivity index (χ0n) is 9.72. The SMILES string of the molecule is CNCC(C)(C)CNS(=O)(=O)C(C)C. The van der Waals surface area contributed by atoms with E-state index in [1.165, 1.54) is 0 Å². The summed E-state index contributed by atoms with van der Waals surface area (Å²) in [6.45, 7) is 8.64. The Bertz CT molecular complexity index is 258. The molecule has 0 aromatic heterocycles. The van der Waals surface area contributed by atoms with Crippen LogP contribution in [0.5, 0.6) is 0 Å². The van der Waals surface area contributed by atoms with E-state index < -0.39 is 10.0 Å². The molecule has 0 bridgehead atoms. The average molecular weight is 222 g/mol. The molecule has 0 radical (unpaired) electrons. The predicted octanol–water partition coefficient (Wildman–Crippen LogP) is 0.560. The highest BCUT2D eigenvalue weighted by molar-refractivity contribution is 7.90. The van der Waals surface area contributed by atoms with E-state index in [1.807, 2.05) is 20.9 Å². The van der Waals surface area contributed by atoms with E-state index in [0.717, 1.165) is 6.54 Å². The van der Waals surface area contributed by atoms with Crippen LogP contribution in [0.4, 0.5) is 0 Å². The minimum atomic E-state index is -3.13. The molecular formula is C9H22N2O2S. The van der Waals surface area contributed by atoms with Gasteiger partial charge in [0.25, 0.3) is 0 Å². The van der Waals surface area contributed by atoms with Crippen molar-refractivity contribution in [2.45, 2.75) is 32.9 Å². The van der Waals surface area contributed by atoms with Crippen LogP contribution in [-0.4, -0.2) is 33.8 Å². The molecule has 86 valence electrons. The van der Waals surface area contributed by atoms with Crippen molar-refractivity contribution in [1.29, 1.82) is 0 Å². The van der Waals surface area contributed by atoms with E-state index >= 15 is 0 Å². The molecule has 0 amide bonds. The highest BCUT2D eigenvalue weighted by atomic mass is 32.2. The molecule has 0 saturated carbocycles. The highest BCUT2D eigenvalue weighted by Crippen LogP contribution is 2.12.